The third-order valence-corrected chi connectivity index (χ3v) is 5.52. The van der Waals surface area contributed by atoms with Crippen LogP contribution in [0.2, 0.25) is 0 Å². The fourth-order valence-electron chi connectivity index (χ4n) is 2.51. The molecule has 3 aromatic rings. The van der Waals surface area contributed by atoms with E-state index in [0.717, 1.165) is 5.56 Å². The lowest BCUT2D eigenvalue weighted by Gasteiger charge is -2.21. The molecule has 0 fully saturated rings. The summed E-state index contributed by atoms with van der Waals surface area (Å²) >= 11 is 0. The molecule has 0 aliphatic carbocycles. The lowest BCUT2D eigenvalue weighted by molar-refractivity contribution is -0.0749. The summed E-state index contributed by atoms with van der Waals surface area (Å²) in [4.78, 5) is 1.19. The maximum absolute atomic E-state index is 12.2. The molecule has 0 radical (unpaired) electrons. The van der Waals surface area contributed by atoms with Gasteiger partial charge >= 0.3 is 0 Å². The topological polar surface area (TPSA) is 135 Å². The molecule has 2 aromatic carbocycles. The highest BCUT2D eigenvalue weighted by atomic mass is 32.2. The third-order valence-electron chi connectivity index (χ3n) is 4.22. The van der Waals surface area contributed by atoms with E-state index >= 15 is 0 Å². The second kappa shape index (κ2) is 8.80. The Morgan fingerprint density at radius 2 is 1.69 bits per heavy atom. The number of hydrogen-bond donors (Lipinski definition) is 3. The minimum absolute atomic E-state index is 0.0156. The molecule has 0 amide bonds. The lowest BCUT2D eigenvalue weighted by Crippen LogP contribution is -2.36. The Balaban J connectivity index is 1.63. The monoisotopic (exact) mass is 419 g/mol. The van der Waals surface area contributed by atoms with Gasteiger partial charge in [-0.25, -0.2) is 0 Å². The van der Waals surface area contributed by atoms with Crippen LogP contribution in [0.4, 0.5) is 0 Å². The van der Waals surface area contributed by atoms with E-state index in [9.17, 15) is 23.7 Å². The Labute approximate surface area is 167 Å². The second-order valence-electron chi connectivity index (χ2n) is 6.45. The molecule has 0 aliphatic rings. The second-order valence-corrected chi connectivity index (χ2v) is 8.06. The number of para-hydroxylation sites is 1. The van der Waals surface area contributed by atoms with E-state index in [0.29, 0.717) is 5.69 Å². The van der Waals surface area contributed by atoms with Gasteiger partial charge in [0.1, 0.15) is 24.0 Å². The van der Waals surface area contributed by atoms with Crippen molar-refractivity contribution in [2.24, 2.45) is 0 Å². The summed E-state index contributed by atoms with van der Waals surface area (Å²) < 4.78 is 29.1. The Hall–Kier alpha value is -2.63. The summed E-state index contributed by atoms with van der Waals surface area (Å²) in [5, 5.41) is 38.6. The van der Waals surface area contributed by atoms with E-state index in [1.807, 2.05) is 13.0 Å². The van der Waals surface area contributed by atoms with E-state index in [1.54, 1.807) is 36.4 Å². The smallest absolute Gasteiger partial charge is 0.297 e. The van der Waals surface area contributed by atoms with Crippen molar-refractivity contribution in [3.8, 4) is 5.69 Å². The molecule has 9 nitrogen and oxygen atoms in total. The summed E-state index contributed by atoms with van der Waals surface area (Å²) in [6.07, 6.45) is -3.75. The van der Waals surface area contributed by atoms with E-state index < -0.39 is 35.0 Å². The number of aromatic nitrogens is 3. The van der Waals surface area contributed by atoms with Gasteiger partial charge in [0, 0.05) is 0 Å². The van der Waals surface area contributed by atoms with Crippen molar-refractivity contribution in [2.45, 2.75) is 30.1 Å². The molecule has 1 aromatic heterocycles. The van der Waals surface area contributed by atoms with Gasteiger partial charge in [-0.15, -0.1) is 0 Å². The molecule has 0 spiro atoms. The van der Waals surface area contributed by atoms with Crippen molar-refractivity contribution in [2.75, 3.05) is 6.61 Å². The van der Waals surface area contributed by atoms with Gasteiger partial charge in [0.2, 0.25) is 0 Å². The number of benzene rings is 2. The van der Waals surface area contributed by atoms with Gasteiger partial charge in [0.05, 0.1) is 23.4 Å². The van der Waals surface area contributed by atoms with Crippen LogP contribution in [0.5, 0.6) is 0 Å². The summed E-state index contributed by atoms with van der Waals surface area (Å²) in [5.41, 5.74) is 1.54. The zero-order valence-corrected chi connectivity index (χ0v) is 16.3. The molecular formula is C19H21N3O6S. The van der Waals surface area contributed by atoms with E-state index in [-0.39, 0.29) is 10.6 Å². The third kappa shape index (κ3) is 5.05. The van der Waals surface area contributed by atoms with Crippen LogP contribution in [-0.4, -0.2) is 57.5 Å². The predicted molar refractivity (Wildman–Crippen MR) is 103 cm³/mol. The average Bonchev–Trinajstić information content (AvgIpc) is 3.22. The van der Waals surface area contributed by atoms with Gasteiger partial charge in [-0.1, -0.05) is 35.9 Å². The largest absolute Gasteiger partial charge is 0.388 e. The summed E-state index contributed by atoms with van der Waals surface area (Å²) in [7, 11) is -4.11. The maximum atomic E-state index is 12.2. The van der Waals surface area contributed by atoms with Crippen LogP contribution < -0.4 is 0 Å². The number of aryl methyl sites for hydroxylation is 1. The molecule has 3 N–H and O–H groups in total. The molecule has 0 unspecified atom stereocenters. The summed E-state index contributed by atoms with van der Waals surface area (Å²) in [5.74, 6) is 0. The van der Waals surface area contributed by atoms with Crippen molar-refractivity contribution in [1.29, 1.82) is 0 Å². The van der Waals surface area contributed by atoms with Gasteiger partial charge in [0.15, 0.2) is 0 Å². The lowest BCUT2D eigenvalue weighted by atomic mass is 10.1. The molecular weight excluding hydrogens is 398 g/mol. The van der Waals surface area contributed by atoms with Gasteiger partial charge in [0.25, 0.3) is 10.1 Å². The molecule has 10 heteroatoms. The molecule has 154 valence electrons. The Morgan fingerprint density at radius 1 is 1.03 bits per heavy atom. The highest BCUT2D eigenvalue weighted by Crippen LogP contribution is 2.19. The van der Waals surface area contributed by atoms with Crippen molar-refractivity contribution in [3.63, 3.8) is 0 Å². The molecule has 3 rings (SSSR count). The highest BCUT2D eigenvalue weighted by molar-refractivity contribution is 7.86. The first-order chi connectivity index (χ1) is 13.8. The first-order valence-corrected chi connectivity index (χ1v) is 10.2. The van der Waals surface area contributed by atoms with Crippen molar-refractivity contribution in [1.82, 2.24) is 15.0 Å². The average molecular weight is 419 g/mol. The van der Waals surface area contributed by atoms with Crippen LogP contribution in [0.25, 0.3) is 5.69 Å². The van der Waals surface area contributed by atoms with Crippen LogP contribution in [0, 0.1) is 6.92 Å². The summed E-state index contributed by atoms with van der Waals surface area (Å²) in [6, 6.07) is 14.9. The molecule has 0 saturated heterocycles. The van der Waals surface area contributed by atoms with Crippen molar-refractivity contribution < 1.29 is 27.9 Å². The first kappa shape index (κ1) is 21.1. The van der Waals surface area contributed by atoms with Gasteiger partial charge in [-0.05, 0) is 31.2 Å². The zero-order chi connectivity index (χ0) is 21.0. The minimum atomic E-state index is -4.11. The van der Waals surface area contributed by atoms with Crippen molar-refractivity contribution in [3.05, 3.63) is 72.1 Å². The number of hydrogen-bond acceptors (Lipinski definition) is 8. The molecule has 29 heavy (non-hydrogen) atoms. The quantitative estimate of drug-likeness (QED) is 0.455. The number of rotatable bonds is 8. The SMILES string of the molecule is Cc1ccc(S(=O)(=O)OC[C@@H](O)[C@H](O)[C@H](O)c2cnn(-c3ccccc3)n2)cc1. The van der Waals surface area contributed by atoms with Crippen LogP contribution in [0.3, 0.4) is 0 Å². The molecule has 1 heterocycles. The molecule has 0 bridgehead atoms. The van der Waals surface area contributed by atoms with Gasteiger partial charge in [-0.3, -0.25) is 4.18 Å². The van der Waals surface area contributed by atoms with Gasteiger partial charge in [-0.2, -0.15) is 23.4 Å². The summed E-state index contributed by atoms with van der Waals surface area (Å²) in [6.45, 7) is 1.08. The Kier molecular flexibility index (Phi) is 6.40. The molecule has 0 aliphatic heterocycles. The standard InChI is InChI=1S/C19H21N3O6S/c1-13-7-9-15(10-8-13)29(26,27)28-12-17(23)19(25)18(24)16-11-20-22(21-16)14-5-3-2-4-6-14/h2-11,17-19,23-25H,12H2,1H3/t17-,18-,19+/m1/s1. The maximum Gasteiger partial charge on any atom is 0.297 e. The fraction of sp³-hybridized carbons (Fsp3) is 0.263. The normalized spacial score (nSPS) is 15.0. The van der Waals surface area contributed by atoms with E-state index in [4.69, 9.17) is 4.18 Å². The number of nitrogens with zero attached hydrogens (tertiary/aromatic N) is 3. The van der Waals surface area contributed by atoms with Crippen molar-refractivity contribution >= 4 is 10.1 Å². The Bertz CT molecular complexity index is 1040. The van der Waals surface area contributed by atoms with Crippen LogP contribution in [-0.2, 0) is 14.3 Å². The number of aliphatic hydroxyl groups is 3. The fourth-order valence-corrected chi connectivity index (χ4v) is 3.44. The van der Waals surface area contributed by atoms with Crippen LogP contribution in [0.1, 0.15) is 17.4 Å². The minimum Gasteiger partial charge on any atom is -0.388 e. The zero-order valence-electron chi connectivity index (χ0n) is 15.5. The van der Waals surface area contributed by atoms with E-state index in [1.165, 1.54) is 23.1 Å². The number of aliphatic hydroxyl groups excluding tert-OH is 3. The predicted octanol–water partition coefficient (Wildman–Crippen LogP) is 0.736. The molecule has 0 saturated carbocycles. The molecule has 3 atom stereocenters. The highest BCUT2D eigenvalue weighted by Gasteiger charge is 2.30. The van der Waals surface area contributed by atoms with E-state index in [2.05, 4.69) is 10.2 Å². The van der Waals surface area contributed by atoms with Gasteiger partial charge < -0.3 is 15.3 Å². The van der Waals surface area contributed by atoms with Crippen LogP contribution in [0.15, 0.2) is 65.7 Å². The Morgan fingerprint density at radius 3 is 2.34 bits per heavy atom. The van der Waals surface area contributed by atoms with Crippen LogP contribution >= 0.6 is 0 Å². The first-order valence-electron chi connectivity index (χ1n) is 8.76.